The van der Waals surface area contributed by atoms with E-state index in [1.165, 1.54) is 12.8 Å². The van der Waals surface area contributed by atoms with Crippen LogP contribution in [0.1, 0.15) is 25.7 Å². The first-order valence-corrected chi connectivity index (χ1v) is 4.60. The number of rotatable bonds is 3. The van der Waals surface area contributed by atoms with Crippen molar-refractivity contribution < 1.29 is 4.79 Å². The van der Waals surface area contributed by atoms with Gasteiger partial charge in [0, 0.05) is 12.1 Å². The first kappa shape index (κ1) is 9.52. The van der Waals surface area contributed by atoms with Gasteiger partial charge in [-0.1, -0.05) is 0 Å². The molecule has 0 aromatic carbocycles. The van der Waals surface area contributed by atoms with E-state index >= 15 is 0 Å². The lowest BCUT2D eigenvalue weighted by molar-refractivity contribution is -0.110. The van der Waals surface area contributed by atoms with Gasteiger partial charge in [-0.2, -0.15) is 0 Å². The highest BCUT2D eigenvalue weighted by atomic mass is 16.1. The Morgan fingerprint density at radius 2 is 2.17 bits per heavy atom. The zero-order valence-corrected chi connectivity index (χ0v) is 7.92. The fraction of sp³-hybridized carbons (Fsp3) is 0.889. The van der Waals surface area contributed by atoms with Crippen molar-refractivity contribution in [2.75, 3.05) is 14.1 Å². The van der Waals surface area contributed by atoms with Crippen LogP contribution >= 0.6 is 0 Å². The van der Waals surface area contributed by atoms with Crippen molar-refractivity contribution in [2.45, 2.75) is 37.8 Å². The summed E-state index contributed by atoms with van der Waals surface area (Å²) in [6.07, 6.45) is 5.57. The van der Waals surface area contributed by atoms with Gasteiger partial charge in [0.15, 0.2) is 0 Å². The molecule has 3 nitrogen and oxygen atoms in total. The molecule has 1 N–H and O–H groups in total. The Morgan fingerprint density at radius 1 is 1.42 bits per heavy atom. The summed E-state index contributed by atoms with van der Waals surface area (Å²) in [4.78, 5) is 12.5. The van der Waals surface area contributed by atoms with Crippen molar-refractivity contribution in [1.82, 2.24) is 10.2 Å². The summed E-state index contributed by atoms with van der Waals surface area (Å²) >= 11 is 0. The van der Waals surface area contributed by atoms with E-state index in [4.69, 9.17) is 0 Å². The SMILES string of the molecule is CN(C)C1CCCC(NC=O)C1. The molecule has 3 heteroatoms. The van der Waals surface area contributed by atoms with E-state index in [-0.39, 0.29) is 0 Å². The summed E-state index contributed by atoms with van der Waals surface area (Å²) in [5, 5.41) is 2.86. The molecule has 1 aliphatic carbocycles. The fourth-order valence-electron chi connectivity index (χ4n) is 1.88. The second kappa shape index (κ2) is 4.45. The van der Waals surface area contributed by atoms with Crippen molar-refractivity contribution in [3.05, 3.63) is 0 Å². The lowest BCUT2D eigenvalue weighted by Crippen LogP contribution is -2.40. The van der Waals surface area contributed by atoms with Gasteiger partial charge in [-0.05, 0) is 39.8 Å². The van der Waals surface area contributed by atoms with E-state index in [0.29, 0.717) is 12.1 Å². The first-order chi connectivity index (χ1) is 5.74. The Kier molecular flexibility index (Phi) is 3.53. The predicted molar refractivity (Wildman–Crippen MR) is 48.9 cm³/mol. The molecule has 1 fully saturated rings. The standard InChI is InChI=1S/C9H18N2O/c1-11(2)9-5-3-4-8(6-9)10-7-12/h7-9H,3-6H2,1-2H3,(H,10,12). The largest absolute Gasteiger partial charge is 0.356 e. The minimum Gasteiger partial charge on any atom is -0.356 e. The molecule has 1 amide bonds. The minimum absolute atomic E-state index is 0.406. The van der Waals surface area contributed by atoms with Gasteiger partial charge in [0.25, 0.3) is 0 Å². The molecule has 2 atom stereocenters. The van der Waals surface area contributed by atoms with E-state index in [2.05, 4.69) is 24.3 Å². The van der Waals surface area contributed by atoms with Crippen LogP contribution in [-0.2, 0) is 4.79 Å². The van der Waals surface area contributed by atoms with Gasteiger partial charge in [-0.3, -0.25) is 4.79 Å². The van der Waals surface area contributed by atoms with Crippen molar-refractivity contribution in [2.24, 2.45) is 0 Å². The monoisotopic (exact) mass is 170 g/mol. The van der Waals surface area contributed by atoms with Crippen LogP contribution < -0.4 is 5.32 Å². The first-order valence-electron chi connectivity index (χ1n) is 4.60. The molecule has 1 saturated carbocycles. The molecule has 2 unspecified atom stereocenters. The van der Waals surface area contributed by atoms with Gasteiger partial charge >= 0.3 is 0 Å². The number of carbonyl (C=O) groups is 1. The van der Waals surface area contributed by atoms with Crippen LogP contribution in [0.25, 0.3) is 0 Å². The van der Waals surface area contributed by atoms with Crippen molar-refractivity contribution in [3.63, 3.8) is 0 Å². The molecule has 0 aliphatic heterocycles. The molecular weight excluding hydrogens is 152 g/mol. The molecule has 0 aromatic rings. The zero-order chi connectivity index (χ0) is 8.97. The maximum atomic E-state index is 10.2. The van der Waals surface area contributed by atoms with Gasteiger partial charge in [0.1, 0.15) is 0 Å². The lowest BCUT2D eigenvalue weighted by atomic mass is 9.90. The molecule has 0 bridgehead atoms. The molecule has 12 heavy (non-hydrogen) atoms. The number of amides is 1. The van der Waals surface area contributed by atoms with Gasteiger partial charge in [-0.15, -0.1) is 0 Å². The van der Waals surface area contributed by atoms with Crippen LogP contribution in [0.2, 0.25) is 0 Å². The fourth-order valence-corrected chi connectivity index (χ4v) is 1.88. The molecule has 1 aliphatic rings. The Hall–Kier alpha value is -0.570. The number of nitrogens with zero attached hydrogens (tertiary/aromatic N) is 1. The second-order valence-corrected chi connectivity index (χ2v) is 3.77. The van der Waals surface area contributed by atoms with Gasteiger partial charge in [-0.25, -0.2) is 0 Å². The molecule has 1 rings (SSSR count). The molecule has 0 spiro atoms. The van der Waals surface area contributed by atoms with Crippen LogP contribution in [0, 0.1) is 0 Å². The number of hydrogen-bond donors (Lipinski definition) is 1. The number of hydrogen-bond acceptors (Lipinski definition) is 2. The van der Waals surface area contributed by atoms with Crippen LogP contribution in [0.5, 0.6) is 0 Å². The smallest absolute Gasteiger partial charge is 0.207 e. The lowest BCUT2D eigenvalue weighted by Gasteiger charge is -2.32. The average Bonchev–Trinajstić information content (AvgIpc) is 2.05. The van der Waals surface area contributed by atoms with Gasteiger partial charge in [0.05, 0.1) is 0 Å². The number of nitrogens with one attached hydrogen (secondary N) is 1. The maximum absolute atomic E-state index is 10.2. The third kappa shape index (κ3) is 2.48. The van der Waals surface area contributed by atoms with Crippen LogP contribution in [0.4, 0.5) is 0 Å². The summed E-state index contributed by atoms with van der Waals surface area (Å²) in [6.45, 7) is 0. The van der Waals surface area contributed by atoms with Crippen LogP contribution in [0.3, 0.4) is 0 Å². The molecule has 0 saturated heterocycles. The average molecular weight is 170 g/mol. The summed E-state index contributed by atoms with van der Waals surface area (Å²) in [6, 6.07) is 1.06. The number of carbonyl (C=O) groups excluding carboxylic acids is 1. The zero-order valence-electron chi connectivity index (χ0n) is 7.92. The third-order valence-corrected chi connectivity index (χ3v) is 2.68. The minimum atomic E-state index is 0.406. The highest BCUT2D eigenvalue weighted by Crippen LogP contribution is 2.20. The molecule has 0 aromatic heterocycles. The Morgan fingerprint density at radius 3 is 2.75 bits per heavy atom. The Bertz CT molecular complexity index is 147. The van der Waals surface area contributed by atoms with E-state index in [9.17, 15) is 4.79 Å². The summed E-state index contributed by atoms with van der Waals surface area (Å²) in [5.74, 6) is 0. The van der Waals surface area contributed by atoms with E-state index in [1.54, 1.807) is 0 Å². The van der Waals surface area contributed by atoms with Crippen molar-refractivity contribution in [1.29, 1.82) is 0 Å². The Labute approximate surface area is 74.1 Å². The molecule has 0 radical (unpaired) electrons. The van der Waals surface area contributed by atoms with E-state index < -0.39 is 0 Å². The highest BCUT2D eigenvalue weighted by Gasteiger charge is 2.22. The van der Waals surface area contributed by atoms with Crippen molar-refractivity contribution >= 4 is 6.41 Å². The summed E-state index contributed by atoms with van der Waals surface area (Å²) in [5.41, 5.74) is 0. The van der Waals surface area contributed by atoms with Crippen LogP contribution in [0.15, 0.2) is 0 Å². The molecule has 70 valence electrons. The predicted octanol–water partition coefficient (Wildman–Crippen LogP) is 0.605. The van der Waals surface area contributed by atoms with Crippen LogP contribution in [-0.4, -0.2) is 37.5 Å². The van der Waals surface area contributed by atoms with Gasteiger partial charge < -0.3 is 10.2 Å². The third-order valence-electron chi connectivity index (χ3n) is 2.68. The Balaban J connectivity index is 2.34. The molecule has 0 heterocycles. The highest BCUT2D eigenvalue weighted by molar-refractivity contribution is 5.46. The normalized spacial score (nSPS) is 30.2. The summed E-state index contributed by atoms with van der Waals surface area (Å²) < 4.78 is 0. The quantitative estimate of drug-likeness (QED) is 0.629. The second-order valence-electron chi connectivity index (χ2n) is 3.77. The van der Waals surface area contributed by atoms with Crippen molar-refractivity contribution in [3.8, 4) is 0 Å². The molecular formula is C9H18N2O. The van der Waals surface area contributed by atoms with E-state index in [1.807, 2.05) is 0 Å². The van der Waals surface area contributed by atoms with E-state index in [0.717, 1.165) is 19.3 Å². The van der Waals surface area contributed by atoms with Gasteiger partial charge in [0.2, 0.25) is 6.41 Å². The summed E-state index contributed by atoms with van der Waals surface area (Å²) in [7, 11) is 4.21. The topological polar surface area (TPSA) is 32.3 Å². The maximum Gasteiger partial charge on any atom is 0.207 e.